The predicted molar refractivity (Wildman–Crippen MR) is 154 cm³/mol. The number of fused-ring (bicyclic) bond motifs is 3. The van der Waals surface area contributed by atoms with E-state index in [1.54, 1.807) is 23.5 Å². The van der Waals surface area contributed by atoms with E-state index in [0.29, 0.717) is 16.7 Å². The van der Waals surface area contributed by atoms with Crippen LogP contribution in [-0.4, -0.2) is 0 Å². The lowest BCUT2D eigenvalue weighted by Crippen LogP contribution is -2.09. The highest BCUT2D eigenvalue weighted by Gasteiger charge is 2.15. The van der Waals surface area contributed by atoms with Gasteiger partial charge in [-0.3, -0.25) is 0 Å². The third-order valence-corrected chi connectivity index (χ3v) is 7.74. The summed E-state index contributed by atoms with van der Waals surface area (Å²) < 4.78 is 2.49. The lowest BCUT2D eigenvalue weighted by molar-refractivity contribution is 1.29. The Morgan fingerprint density at radius 1 is 0.500 bits per heavy atom. The van der Waals surface area contributed by atoms with Crippen molar-refractivity contribution < 1.29 is 0 Å². The Hall–Kier alpha value is -5.41. The van der Waals surface area contributed by atoms with Crippen LogP contribution in [0.3, 0.4) is 0 Å². The predicted octanol–water partition coefficient (Wildman–Crippen LogP) is 8.81. The number of nitrogens with zero attached hydrogens (tertiary/aromatic N) is 4. The van der Waals surface area contributed by atoms with E-state index >= 15 is 0 Å². The fourth-order valence-corrected chi connectivity index (χ4v) is 5.79. The molecule has 0 N–H and O–H groups in total. The van der Waals surface area contributed by atoms with Crippen molar-refractivity contribution in [2.75, 3.05) is 4.90 Å². The molecule has 1 aromatic heterocycles. The molecule has 1 heterocycles. The second-order valence-corrected chi connectivity index (χ2v) is 9.89. The van der Waals surface area contributed by atoms with Crippen molar-refractivity contribution in [1.82, 2.24) is 0 Å². The number of hydrogen-bond acceptors (Lipinski definition) is 5. The van der Waals surface area contributed by atoms with Crippen molar-refractivity contribution in [3.8, 4) is 29.3 Å². The van der Waals surface area contributed by atoms with Crippen LogP contribution in [0.25, 0.3) is 31.3 Å². The largest absolute Gasteiger partial charge is 0.310 e. The molecule has 5 heteroatoms. The minimum atomic E-state index is 0.365. The molecule has 0 fully saturated rings. The van der Waals surface area contributed by atoms with E-state index in [4.69, 9.17) is 0 Å². The van der Waals surface area contributed by atoms with Crippen LogP contribution in [0.5, 0.6) is 0 Å². The normalized spacial score (nSPS) is 10.6. The highest BCUT2D eigenvalue weighted by molar-refractivity contribution is 7.25. The van der Waals surface area contributed by atoms with Gasteiger partial charge in [0.15, 0.2) is 0 Å². The molecule has 176 valence electrons. The number of benzene rings is 5. The Morgan fingerprint density at radius 2 is 1.13 bits per heavy atom. The molecule has 0 unspecified atom stereocenters. The first-order valence-electron chi connectivity index (χ1n) is 11.9. The molecule has 0 amide bonds. The summed E-state index contributed by atoms with van der Waals surface area (Å²) in [5, 5.41) is 30.4. The third kappa shape index (κ3) is 4.02. The SMILES string of the molecule is N#Cc1ccc(N(c2ccc(-c3ccc(C#N)c(C#N)c3)cc2)c2ccc3sc4ccccc4c3c2)cc1. The van der Waals surface area contributed by atoms with Crippen molar-refractivity contribution in [3.63, 3.8) is 0 Å². The minimum Gasteiger partial charge on any atom is -0.310 e. The summed E-state index contributed by atoms with van der Waals surface area (Å²) in [5.74, 6) is 0. The van der Waals surface area contributed by atoms with Gasteiger partial charge in [-0.15, -0.1) is 11.3 Å². The lowest BCUT2D eigenvalue weighted by atomic mass is 9.99. The second-order valence-electron chi connectivity index (χ2n) is 8.80. The zero-order valence-electron chi connectivity index (χ0n) is 20.1. The van der Waals surface area contributed by atoms with Crippen LogP contribution in [0.1, 0.15) is 16.7 Å². The molecule has 4 nitrogen and oxygen atoms in total. The van der Waals surface area contributed by atoms with Crippen molar-refractivity contribution in [2.24, 2.45) is 0 Å². The number of nitriles is 3. The summed E-state index contributed by atoms with van der Waals surface area (Å²) in [7, 11) is 0. The Bertz CT molecular complexity index is 1950. The molecule has 0 saturated heterocycles. The van der Waals surface area contributed by atoms with E-state index in [1.807, 2.05) is 54.6 Å². The molecule has 0 aliphatic rings. The van der Waals surface area contributed by atoms with Gasteiger partial charge in [0.1, 0.15) is 12.1 Å². The van der Waals surface area contributed by atoms with Crippen molar-refractivity contribution in [1.29, 1.82) is 15.8 Å². The van der Waals surface area contributed by atoms with Gasteiger partial charge < -0.3 is 4.90 Å². The molecule has 5 aromatic carbocycles. The van der Waals surface area contributed by atoms with Gasteiger partial charge in [0.2, 0.25) is 0 Å². The monoisotopic (exact) mass is 502 g/mol. The standard InChI is InChI=1S/C33H18N4S/c34-19-22-5-11-27(12-6-22)37(29-15-16-33-31(18-29)30-3-1-2-4-32(30)38-33)28-13-9-23(10-14-28)24-7-8-25(20-35)26(17-24)21-36/h1-18H. The van der Waals surface area contributed by atoms with Gasteiger partial charge in [-0.2, -0.15) is 15.8 Å². The van der Waals surface area contributed by atoms with E-state index in [0.717, 1.165) is 28.2 Å². The van der Waals surface area contributed by atoms with Crippen molar-refractivity contribution in [2.45, 2.75) is 0 Å². The number of rotatable bonds is 4. The maximum atomic E-state index is 9.43. The van der Waals surface area contributed by atoms with E-state index in [-0.39, 0.29) is 0 Å². The van der Waals surface area contributed by atoms with Gasteiger partial charge in [-0.25, -0.2) is 0 Å². The summed E-state index contributed by atoms with van der Waals surface area (Å²) in [6.07, 6.45) is 0. The molecule has 0 spiro atoms. The molecule has 38 heavy (non-hydrogen) atoms. The fraction of sp³-hybridized carbons (Fsp3) is 0. The van der Waals surface area contributed by atoms with Gasteiger partial charge in [0, 0.05) is 37.2 Å². The molecule has 6 rings (SSSR count). The minimum absolute atomic E-state index is 0.365. The molecule has 6 aromatic rings. The molecule has 0 aliphatic carbocycles. The van der Waals surface area contributed by atoms with Gasteiger partial charge >= 0.3 is 0 Å². The van der Waals surface area contributed by atoms with E-state index in [2.05, 4.69) is 65.6 Å². The smallest absolute Gasteiger partial charge is 0.101 e. The number of anilines is 3. The van der Waals surface area contributed by atoms with Gasteiger partial charge in [-0.1, -0.05) is 36.4 Å². The first-order valence-corrected chi connectivity index (χ1v) is 12.8. The Labute approximate surface area is 224 Å². The molecule has 0 bridgehead atoms. The summed E-state index contributed by atoms with van der Waals surface area (Å²) in [5.41, 5.74) is 6.10. The molecule has 0 atom stereocenters. The molecular formula is C33H18N4S. The average molecular weight is 503 g/mol. The van der Waals surface area contributed by atoms with E-state index in [9.17, 15) is 15.8 Å². The van der Waals surface area contributed by atoms with Crippen LogP contribution in [0.4, 0.5) is 17.1 Å². The van der Waals surface area contributed by atoms with Gasteiger partial charge in [-0.05, 0) is 83.9 Å². The Kier molecular flexibility index (Phi) is 5.79. The van der Waals surface area contributed by atoms with Gasteiger partial charge in [0.05, 0.1) is 22.8 Å². The van der Waals surface area contributed by atoms with Crippen LogP contribution >= 0.6 is 11.3 Å². The first kappa shape index (κ1) is 23.0. The Morgan fingerprint density at radius 3 is 1.84 bits per heavy atom. The van der Waals surface area contributed by atoms with E-state index < -0.39 is 0 Å². The first-order chi connectivity index (χ1) is 18.7. The van der Waals surface area contributed by atoms with Crippen molar-refractivity contribution in [3.05, 3.63) is 126 Å². The van der Waals surface area contributed by atoms with Crippen molar-refractivity contribution >= 4 is 48.6 Å². The molecule has 0 aliphatic heterocycles. The van der Waals surface area contributed by atoms with Crippen LogP contribution in [0.15, 0.2) is 109 Å². The maximum absolute atomic E-state index is 9.43. The number of thiophene rings is 1. The summed E-state index contributed by atoms with van der Waals surface area (Å²) in [4.78, 5) is 2.18. The maximum Gasteiger partial charge on any atom is 0.101 e. The zero-order valence-corrected chi connectivity index (χ0v) is 20.9. The van der Waals surface area contributed by atoms with Crippen LogP contribution in [-0.2, 0) is 0 Å². The van der Waals surface area contributed by atoms with E-state index in [1.165, 1.54) is 20.2 Å². The summed E-state index contributed by atoms with van der Waals surface area (Å²) in [6, 6.07) is 42.4. The van der Waals surface area contributed by atoms with Gasteiger partial charge in [0.25, 0.3) is 0 Å². The number of hydrogen-bond donors (Lipinski definition) is 0. The summed E-state index contributed by atoms with van der Waals surface area (Å²) >= 11 is 1.79. The highest BCUT2D eigenvalue weighted by atomic mass is 32.1. The second kappa shape index (κ2) is 9.57. The topological polar surface area (TPSA) is 74.6 Å². The highest BCUT2D eigenvalue weighted by Crippen LogP contribution is 2.41. The molecule has 0 radical (unpaired) electrons. The Balaban J connectivity index is 1.47. The lowest BCUT2D eigenvalue weighted by Gasteiger charge is -2.26. The molecule has 0 saturated carbocycles. The third-order valence-electron chi connectivity index (χ3n) is 6.59. The fourth-order valence-electron chi connectivity index (χ4n) is 4.70. The zero-order chi connectivity index (χ0) is 26.1. The molecular weight excluding hydrogens is 484 g/mol. The summed E-state index contributed by atoms with van der Waals surface area (Å²) in [6.45, 7) is 0. The quantitative estimate of drug-likeness (QED) is 0.241. The average Bonchev–Trinajstić information content (AvgIpc) is 3.36. The van der Waals surface area contributed by atoms with Crippen LogP contribution in [0.2, 0.25) is 0 Å². The van der Waals surface area contributed by atoms with Crippen LogP contribution in [0, 0.1) is 34.0 Å². The van der Waals surface area contributed by atoms with Crippen LogP contribution < -0.4 is 4.90 Å².